The van der Waals surface area contributed by atoms with E-state index in [4.69, 9.17) is 9.47 Å². The predicted molar refractivity (Wildman–Crippen MR) is 116 cm³/mol. The van der Waals surface area contributed by atoms with Crippen LogP contribution in [0.3, 0.4) is 0 Å². The maximum Gasteiger partial charge on any atom is 0.338 e. The number of anilines is 1. The van der Waals surface area contributed by atoms with Gasteiger partial charge in [0.1, 0.15) is 5.75 Å². The van der Waals surface area contributed by atoms with Gasteiger partial charge in [0.15, 0.2) is 5.76 Å². The molecule has 1 aliphatic rings. The highest BCUT2D eigenvalue weighted by Crippen LogP contribution is 2.33. The first-order valence-corrected chi connectivity index (χ1v) is 10.3. The number of ether oxygens (including phenoxy) is 2. The third-order valence-electron chi connectivity index (χ3n) is 4.75. The van der Waals surface area contributed by atoms with E-state index in [1.807, 2.05) is 13.8 Å². The molecule has 0 fully saturated rings. The van der Waals surface area contributed by atoms with E-state index in [0.29, 0.717) is 24.5 Å². The molecule has 7 nitrogen and oxygen atoms in total. The lowest BCUT2D eigenvalue weighted by molar-refractivity contribution is -0.121. The van der Waals surface area contributed by atoms with Crippen molar-refractivity contribution in [2.45, 2.75) is 33.1 Å². The normalized spacial score (nSPS) is 13.7. The number of rotatable bonds is 9. The summed E-state index contributed by atoms with van der Waals surface area (Å²) in [5, 5.41) is 10.4. The van der Waals surface area contributed by atoms with Crippen molar-refractivity contribution in [3.63, 3.8) is 0 Å². The van der Waals surface area contributed by atoms with Gasteiger partial charge < -0.3 is 14.6 Å². The Kier molecular flexibility index (Phi) is 7.07. The molecule has 3 rings (SSSR count). The van der Waals surface area contributed by atoms with E-state index in [1.165, 1.54) is 12.1 Å². The average Bonchev–Trinajstić information content (AvgIpc) is 3.01. The Morgan fingerprint density at radius 3 is 2.39 bits per heavy atom. The van der Waals surface area contributed by atoms with Gasteiger partial charge in [0.05, 0.1) is 30.0 Å². The summed E-state index contributed by atoms with van der Waals surface area (Å²) in [6.07, 6.45) is 2.50. The van der Waals surface area contributed by atoms with Crippen LogP contribution >= 0.6 is 0 Å². The predicted octanol–water partition coefficient (Wildman–Crippen LogP) is 4.27. The zero-order valence-electron chi connectivity index (χ0n) is 17.6. The lowest BCUT2D eigenvalue weighted by Gasteiger charge is -2.15. The summed E-state index contributed by atoms with van der Waals surface area (Å²) in [6.45, 7) is 4.84. The Bertz CT molecular complexity index is 1010. The zero-order chi connectivity index (χ0) is 22.4. The smallest absolute Gasteiger partial charge is 0.338 e. The number of amides is 2. The molecule has 0 atom stereocenters. The van der Waals surface area contributed by atoms with E-state index in [2.05, 4.69) is 0 Å². The van der Waals surface area contributed by atoms with Crippen molar-refractivity contribution in [1.29, 1.82) is 0 Å². The SMILES string of the molecule is CCCCOC(=O)c1cccc(N2C(=O)C(O)=C(c3ccc(OCCC)cc3)C2=O)c1. The quantitative estimate of drug-likeness (QED) is 0.368. The van der Waals surface area contributed by atoms with Gasteiger partial charge in [0.25, 0.3) is 5.91 Å². The first-order chi connectivity index (χ1) is 15.0. The van der Waals surface area contributed by atoms with Crippen molar-refractivity contribution in [1.82, 2.24) is 0 Å². The molecule has 31 heavy (non-hydrogen) atoms. The fourth-order valence-corrected chi connectivity index (χ4v) is 3.12. The second-order valence-corrected chi connectivity index (χ2v) is 7.08. The number of carbonyl (C=O) groups excluding carboxylic acids is 3. The molecule has 0 unspecified atom stereocenters. The number of esters is 1. The van der Waals surface area contributed by atoms with Crippen molar-refractivity contribution < 1.29 is 29.0 Å². The maximum atomic E-state index is 13.0. The third kappa shape index (κ3) is 4.77. The molecule has 2 amide bonds. The number of hydrogen-bond acceptors (Lipinski definition) is 6. The van der Waals surface area contributed by atoms with Crippen LogP contribution < -0.4 is 9.64 Å². The molecular formula is C24H25NO6. The summed E-state index contributed by atoms with van der Waals surface area (Å²) in [5.74, 6) is -2.05. The average molecular weight is 423 g/mol. The Hall–Kier alpha value is -3.61. The van der Waals surface area contributed by atoms with Gasteiger partial charge in [-0.05, 0) is 48.7 Å². The van der Waals surface area contributed by atoms with Gasteiger partial charge in [-0.25, -0.2) is 9.69 Å². The van der Waals surface area contributed by atoms with E-state index in [-0.39, 0.29) is 16.8 Å². The fourth-order valence-electron chi connectivity index (χ4n) is 3.12. The molecule has 1 aliphatic heterocycles. The minimum atomic E-state index is -0.845. The third-order valence-corrected chi connectivity index (χ3v) is 4.75. The number of benzene rings is 2. The van der Waals surface area contributed by atoms with Crippen LogP contribution in [0.2, 0.25) is 0 Å². The molecule has 7 heteroatoms. The van der Waals surface area contributed by atoms with Gasteiger partial charge in [-0.1, -0.05) is 38.5 Å². The van der Waals surface area contributed by atoms with E-state index in [0.717, 1.165) is 24.2 Å². The van der Waals surface area contributed by atoms with Gasteiger partial charge in [-0.3, -0.25) is 9.59 Å². The van der Waals surface area contributed by atoms with Crippen LogP contribution in [-0.4, -0.2) is 36.1 Å². The minimum absolute atomic E-state index is 0.0945. The minimum Gasteiger partial charge on any atom is -0.502 e. The first-order valence-electron chi connectivity index (χ1n) is 10.3. The fraction of sp³-hybridized carbons (Fsp3) is 0.292. The zero-order valence-corrected chi connectivity index (χ0v) is 17.6. The van der Waals surface area contributed by atoms with E-state index >= 15 is 0 Å². The molecule has 162 valence electrons. The molecule has 0 aliphatic carbocycles. The monoisotopic (exact) mass is 423 g/mol. The second kappa shape index (κ2) is 9.93. The molecule has 0 aromatic heterocycles. The van der Waals surface area contributed by atoms with Crippen molar-refractivity contribution in [3.8, 4) is 5.75 Å². The van der Waals surface area contributed by atoms with Crippen LogP contribution in [-0.2, 0) is 14.3 Å². The van der Waals surface area contributed by atoms with Crippen LogP contribution in [0.25, 0.3) is 5.57 Å². The van der Waals surface area contributed by atoms with Crippen molar-refractivity contribution in [2.24, 2.45) is 0 Å². The van der Waals surface area contributed by atoms with Crippen LogP contribution in [0.1, 0.15) is 49.0 Å². The number of nitrogens with zero attached hydrogens (tertiary/aromatic N) is 1. The largest absolute Gasteiger partial charge is 0.502 e. The number of aliphatic hydroxyl groups is 1. The molecule has 1 N–H and O–H groups in total. The van der Waals surface area contributed by atoms with Crippen LogP contribution in [0, 0.1) is 0 Å². The van der Waals surface area contributed by atoms with Crippen molar-refractivity contribution in [3.05, 3.63) is 65.4 Å². The van der Waals surface area contributed by atoms with Gasteiger partial charge in [-0.2, -0.15) is 0 Å². The number of hydrogen-bond donors (Lipinski definition) is 1. The topological polar surface area (TPSA) is 93.1 Å². The first kappa shape index (κ1) is 22.1. The highest BCUT2D eigenvalue weighted by atomic mass is 16.5. The van der Waals surface area contributed by atoms with Crippen molar-refractivity contribution in [2.75, 3.05) is 18.1 Å². The molecule has 0 saturated heterocycles. The molecule has 0 radical (unpaired) electrons. The summed E-state index contributed by atoms with van der Waals surface area (Å²) in [5.41, 5.74) is 0.712. The van der Waals surface area contributed by atoms with Crippen LogP contribution in [0.15, 0.2) is 54.3 Å². The Balaban J connectivity index is 1.82. The van der Waals surface area contributed by atoms with Crippen molar-refractivity contribution >= 4 is 29.0 Å². The summed E-state index contributed by atoms with van der Waals surface area (Å²) in [4.78, 5) is 38.8. The number of carbonyl (C=O) groups is 3. The highest BCUT2D eigenvalue weighted by molar-refractivity contribution is 6.44. The standard InChI is InChI=1S/C24H25NO6/c1-3-5-14-31-24(29)17-7-6-8-18(15-17)25-22(27)20(21(26)23(25)28)16-9-11-19(12-10-16)30-13-4-2/h6-12,15,26H,3-5,13-14H2,1-2H3. The van der Waals surface area contributed by atoms with E-state index in [9.17, 15) is 19.5 Å². The summed E-state index contributed by atoms with van der Waals surface area (Å²) < 4.78 is 10.7. The Morgan fingerprint density at radius 2 is 1.71 bits per heavy atom. The lowest BCUT2D eigenvalue weighted by atomic mass is 10.1. The van der Waals surface area contributed by atoms with Gasteiger partial charge >= 0.3 is 11.9 Å². The van der Waals surface area contributed by atoms with Gasteiger partial charge in [0, 0.05) is 0 Å². The van der Waals surface area contributed by atoms with Crippen LogP contribution in [0.5, 0.6) is 5.75 Å². The molecule has 1 heterocycles. The Morgan fingerprint density at radius 1 is 0.968 bits per heavy atom. The molecule has 2 aromatic carbocycles. The second-order valence-electron chi connectivity index (χ2n) is 7.08. The molecule has 0 saturated carbocycles. The number of unbranched alkanes of at least 4 members (excludes halogenated alkanes) is 1. The lowest BCUT2D eigenvalue weighted by Crippen LogP contribution is -2.31. The molecule has 0 spiro atoms. The Labute approximate surface area is 180 Å². The number of imide groups is 1. The molecular weight excluding hydrogens is 398 g/mol. The van der Waals surface area contributed by atoms with Gasteiger partial charge in [-0.15, -0.1) is 0 Å². The molecule has 2 aromatic rings. The van der Waals surface area contributed by atoms with E-state index in [1.54, 1.807) is 36.4 Å². The summed E-state index contributed by atoms with van der Waals surface area (Å²) in [7, 11) is 0. The maximum absolute atomic E-state index is 13.0. The van der Waals surface area contributed by atoms with Crippen LogP contribution in [0.4, 0.5) is 5.69 Å². The summed E-state index contributed by atoms with van der Waals surface area (Å²) >= 11 is 0. The van der Waals surface area contributed by atoms with Gasteiger partial charge in [0.2, 0.25) is 0 Å². The molecule has 0 bridgehead atoms. The number of aliphatic hydroxyl groups excluding tert-OH is 1. The highest BCUT2D eigenvalue weighted by Gasteiger charge is 2.40. The summed E-state index contributed by atoms with van der Waals surface area (Å²) in [6, 6.07) is 12.6. The van der Waals surface area contributed by atoms with E-state index < -0.39 is 23.5 Å².